The Morgan fingerprint density at radius 3 is 2.62 bits per heavy atom. The average molecular weight is 346 g/mol. The van der Waals surface area contributed by atoms with Crippen molar-refractivity contribution in [2.24, 2.45) is 0 Å². The number of phenolic OH excluding ortho intramolecular Hbond substituents is 1. The van der Waals surface area contributed by atoms with Crippen LogP contribution in [0.25, 0.3) is 0 Å². The maximum Gasteiger partial charge on any atom is 0.302 e. The van der Waals surface area contributed by atoms with Gasteiger partial charge >= 0.3 is 10.2 Å². The Balaban J connectivity index is 1.86. The first-order valence-corrected chi connectivity index (χ1v) is 8.96. The van der Waals surface area contributed by atoms with Gasteiger partial charge in [-0.25, -0.2) is 0 Å². The number of hydrogen-bond donors (Lipinski definition) is 2. The van der Waals surface area contributed by atoms with Gasteiger partial charge in [-0.2, -0.15) is 13.1 Å². The van der Waals surface area contributed by atoms with Crippen LogP contribution >= 0.6 is 0 Å². The van der Waals surface area contributed by atoms with Crippen molar-refractivity contribution < 1.29 is 18.3 Å². The van der Waals surface area contributed by atoms with Crippen LogP contribution in [-0.2, 0) is 21.4 Å². The number of carbonyl (C=O) groups excluding carboxylic acids is 1. The number of nitrogens with one attached hydrogen (secondary N) is 1. The van der Waals surface area contributed by atoms with Gasteiger partial charge in [0.2, 0.25) is 0 Å². The average Bonchev–Trinajstić information content (AvgIpc) is 2.82. The lowest BCUT2D eigenvalue weighted by atomic mass is 10.0. The minimum absolute atomic E-state index is 0.0311. The first-order chi connectivity index (χ1) is 11.4. The summed E-state index contributed by atoms with van der Waals surface area (Å²) in [5.41, 5.74) is 3.30. The molecular formula is C17H18N2O4S. The molecule has 1 aliphatic rings. The molecule has 1 heterocycles. The predicted octanol–water partition coefficient (Wildman–Crippen LogP) is 1.51. The van der Waals surface area contributed by atoms with E-state index in [1.165, 1.54) is 0 Å². The Labute approximate surface area is 140 Å². The molecule has 2 aromatic carbocycles. The number of benzene rings is 2. The van der Waals surface area contributed by atoms with Crippen molar-refractivity contribution >= 4 is 22.2 Å². The Morgan fingerprint density at radius 1 is 1.25 bits per heavy atom. The second kappa shape index (κ2) is 6.26. The first kappa shape index (κ1) is 16.5. The summed E-state index contributed by atoms with van der Waals surface area (Å²) >= 11 is 0. The van der Waals surface area contributed by atoms with E-state index in [0.29, 0.717) is 12.7 Å². The minimum Gasteiger partial charge on any atom is -0.506 e. The summed E-state index contributed by atoms with van der Waals surface area (Å²) in [6, 6.07) is 12.1. The summed E-state index contributed by atoms with van der Waals surface area (Å²) in [5, 5.41) is 10.3. The summed E-state index contributed by atoms with van der Waals surface area (Å²) in [7, 11) is -3.81. The van der Waals surface area contributed by atoms with Crippen LogP contribution in [0.1, 0.15) is 16.7 Å². The molecule has 0 bridgehead atoms. The zero-order chi connectivity index (χ0) is 17.3. The molecule has 0 aliphatic carbocycles. The van der Waals surface area contributed by atoms with Crippen molar-refractivity contribution in [1.29, 1.82) is 0 Å². The van der Waals surface area contributed by atoms with Gasteiger partial charge in [0.25, 0.3) is 0 Å². The highest BCUT2D eigenvalue weighted by atomic mass is 32.2. The minimum atomic E-state index is -3.81. The summed E-state index contributed by atoms with van der Waals surface area (Å²) < 4.78 is 27.3. The van der Waals surface area contributed by atoms with E-state index in [1.807, 2.05) is 25.1 Å². The fourth-order valence-electron chi connectivity index (χ4n) is 2.82. The van der Waals surface area contributed by atoms with E-state index in [9.17, 15) is 18.3 Å². The number of aromatic hydroxyl groups is 1. The van der Waals surface area contributed by atoms with Crippen molar-refractivity contribution in [3.05, 3.63) is 59.2 Å². The highest BCUT2D eigenvalue weighted by Gasteiger charge is 2.36. The summed E-state index contributed by atoms with van der Waals surface area (Å²) in [6.07, 6.45) is 1.18. The summed E-state index contributed by atoms with van der Waals surface area (Å²) in [5.74, 6) is -0.128. The fraction of sp³-hybridized carbons (Fsp3) is 0.235. The molecular weight excluding hydrogens is 328 g/mol. The SMILES string of the molecule is Cc1cccc(Cc2ccc(N3CC(C=O)NS3(=O)=O)c(O)c2)c1. The summed E-state index contributed by atoms with van der Waals surface area (Å²) in [4.78, 5) is 10.8. The van der Waals surface area contributed by atoms with Crippen LogP contribution in [0.5, 0.6) is 5.75 Å². The number of aryl methyl sites for hydroxylation is 1. The van der Waals surface area contributed by atoms with Crippen LogP contribution in [-0.4, -0.2) is 32.4 Å². The van der Waals surface area contributed by atoms with Gasteiger partial charge in [-0.05, 0) is 36.6 Å². The topological polar surface area (TPSA) is 86.7 Å². The molecule has 0 radical (unpaired) electrons. The molecule has 6 nitrogen and oxygen atoms in total. The van der Waals surface area contributed by atoms with Gasteiger partial charge in [0.15, 0.2) is 0 Å². The maximum absolute atomic E-state index is 12.0. The molecule has 7 heteroatoms. The van der Waals surface area contributed by atoms with Gasteiger partial charge in [-0.15, -0.1) is 0 Å². The van der Waals surface area contributed by atoms with Crippen molar-refractivity contribution in [3.63, 3.8) is 0 Å². The molecule has 2 N–H and O–H groups in total. The van der Waals surface area contributed by atoms with E-state index >= 15 is 0 Å². The number of phenols is 1. The van der Waals surface area contributed by atoms with Crippen molar-refractivity contribution in [1.82, 2.24) is 4.72 Å². The third-order valence-electron chi connectivity index (χ3n) is 3.92. The van der Waals surface area contributed by atoms with E-state index in [2.05, 4.69) is 10.8 Å². The molecule has 126 valence electrons. The fourth-order valence-corrected chi connectivity index (χ4v) is 4.23. The van der Waals surface area contributed by atoms with Gasteiger partial charge in [0, 0.05) is 0 Å². The zero-order valence-electron chi connectivity index (χ0n) is 13.1. The lowest BCUT2D eigenvalue weighted by Crippen LogP contribution is -2.30. The Bertz CT molecular complexity index is 880. The molecule has 1 atom stereocenters. The van der Waals surface area contributed by atoms with Crippen LogP contribution < -0.4 is 9.03 Å². The quantitative estimate of drug-likeness (QED) is 0.822. The number of aldehydes is 1. The molecule has 0 spiro atoms. The number of anilines is 1. The number of rotatable bonds is 4. The second-order valence-corrected chi connectivity index (χ2v) is 7.51. The van der Waals surface area contributed by atoms with Gasteiger partial charge in [-0.1, -0.05) is 35.9 Å². The zero-order valence-corrected chi connectivity index (χ0v) is 14.0. The lowest BCUT2D eigenvalue weighted by Gasteiger charge is -2.17. The molecule has 1 aliphatic heterocycles. The van der Waals surface area contributed by atoms with Gasteiger partial charge < -0.3 is 9.90 Å². The van der Waals surface area contributed by atoms with Crippen LogP contribution in [0, 0.1) is 6.92 Å². The lowest BCUT2D eigenvalue weighted by molar-refractivity contribution is -0.108. The third-order valence-corrected chi connectivity index (χ3v) is 5.44. The third kappa shape index (κ3) is 3.27. The monoisotopic (exact) mass is 346 g/mol. The highest BCUT2D eigenvalue weighted by molar-refractivity contribution is 7.91. The predicted molar refractivity (Wildman–Crippen MR) is 91.3 cm³/mol. The van der Waals surface area contributed by atoms with Gasteiger partial charge in [0.05, 0.1) is 18.3 Å². The van der Waals surface area contributed by atoms with Crippen LogP contribution in [0.3, 0.4) is 0 Å². The van der Waals surface area contributed by atoms with Crippen molar-refractivity contribution in [2.75, 3.05) is 10.8 Å². The second-order valence-electron chi connectivity index (χ2n) is 5.89. The normalized spacial score (nSPS) is 19.4. The number of nitrogens with zero attached hydrogens (tertiary/aromatic N) is 1. The molecule has 2 aromatic rings. The van der Waals surface area contributed by atoms with E-state index in [0.717, 1.165) is 21.0 Å². The first-order valence-electron chi connectivity index (χ1n) is 7.52. The van der Waals surface area contributed by atoms with Crippen LogP contribution in [0.15, 0.2) is 42.5 Å². The molecule has 1 saturated heterocycles. The van der Waals surface area contributed by atoms with E-state index in [4.69, 9.17) is 0 Å². The van der Waals surface area contributed by atoms with Crippen molar-refractivity contribution in [3.8, 4) is 5.75 Å². The van der Waals surface area contributed by atoms with E-state index < -0.39 is 16.3 Å². The summed E-state index contributed by atoms with van der Waals surface area (Å²) in [6.45, 7) is 1.98. The van der Waals surface area contributed by atoms with E-state index in [1.54, 1.807) is 18.2 Å². The van der Waals surface area contributed by atoms with Gasteiger partial charge in [0.1, 0.15) is 12.0 Å². The van der Waals surface area contributed by atoms with Crippen molar-refractivity contribution in [2.45, 2.75) is 19.4 Å². The standard InChI is InChI=1S/C17H18N2O4S/c1-12-3-2-4-13(7-12)8-14-5-6-16(17(21)9-14)19-10-15(11-20)18-24(19,22)23/h2-7,9,11,15,18,21H,8,10H2,1H3. The maximum atomic E-state index is 12.0. The highest BCUT2D eigenvalue weighted by Crippen LogP contribution is 2.32. The largest absolute Gasteiger partial charge is 0.506 e. The number of carbonyl (C=O) groups is 1. The smallest absolute Gasteiger partial charge is 0.302 e. The van der Waals surface area contributed by atoms with Gasteiger partial charge in [-0.3, -0.25) is 4.31 Å². The van der Waals surface area contributed by atoms with Crippen LogP contribution in [0.2, 0.25) is 0 Å². The Morgan fingerprint density at radius 2 is 2.00 bits per heavy atom. The van der Waals surface area contributed by atoms with Crippen LogP contribution in [0.4, 0.5) is 5.69 Å². The molecule has 24 heavy (non-hydrogen) atoms. The Kier molecular flexibility index (Phi) is 4.29. The molecule has 0 amide bonds. The molecule has 1 unspecified atom stereocenters. The Hall–Kier alpha value is -2.38. The molecule has 1 fully saturated rings. The number of hydrogen-bond acceptors (Lipinski definition) is 4. The molecule has 0 aromatic heterocycles. The molecule has 3 rings (SSSR count). The van der Waals surface area contributed by atoms with E-state index in [-0.39, 0.29) is 18.0 Å². The molecule has 0 saturated carbocycles.